The summed E-state index contributed by atoms with van der Waals surface area (Å²) in [6.45, 7) is 2.66. The highest BCUT2D eigenvalue weighted by atomic mass is 16.5. The van der Waals surface area contributed by atoms with Crippen LogP contribution in [0.2, 0.25) is 0 Å². The standard InChI is InChI=1S/C19H20N2O3/c1-13(22)21-16-6-4-5-14(11-16)19(23)20-12-15-9-10-24-18-8-3-2-7-17(15)18/h2-8,11,15H,9-10,12H2,1H3,(H,20,23)(H,21,22). The molecule has 0 bridgehead atoms. The van der Waals surface area contributed by atoms with Crippen LogP contribution in [0.25, 0.3) is 0 Å². The topological polar surface area (TPSA) is 67.4 Å². The van der Waals surface area contributed by atoms with Gasteiger partial charge in [0.25, 0.3) is 5.91 Å². The predicted octanol–water partition coefficient (Wildman–Crippen LogP) is 2.94. The zero-order chi connectivity index (χ0) is 16.9. The summed E-state index contributed by atoms with van der Waals surface area (Å²) in [6.07, 6.45) is 0.878. The minimum atomic E-state index is -0.161. The average molecular weight is 324 g/mol. The number of carbonyl (C=O) groups excluding carboxylic acids is 2. The van der Waals surface area contributed by atoms with Crippen molar-refractivity contribution in [3.05, 3.63) is 59.7 Å². The van der Waals surface area contributed by atoms with Crippen LogP contribution < -0.4 is 15.4 Å². The zero-order valence-corrected chi connectivity index (χ0v) is 13.5. The van der Waals surface area contributed by atoms with Crippen molar-refractivity contribution < 1.29 is 14.3 Å². The van der Waals surface area contributed by atoms with Crippen LogP contribution in [0.1, 0.15) is 35.2 Å². The third kappa shape index (κ3) is 3.74. The fourth-order valence-electron chi connectivity index (χ4n) is 2.89. The van der Waals surface area contributed by atoms with Crippen LogP contribution >= 0.6 is 0 Å². The van der Waals surface area contributed by atoms with Gasteiger partial charge in [0.1, 0.15) is 5.75 Å². The number of para-hydroxylation sites is 1. The maximum absolute atomic E-state index is 12.4. The molecule has 1 aliphatic heterocycles. The van der Waals surface area contributed by atoms with E-state index < -0.39 is 0 Å². The van der Waals surface area contributed by atoms with Gasteiger partial charge in [-0.15, -0.1) is 0 Å². The first-order chi connectivity index (χ1) is 11.6. The summed E-state index contributed by atoms with van der Waals surface area (Å²) in [5.74, 6) is 0.839. The third-order valence-corrected chi connectivity index (χ3v) is 4.04. The molecule has 0 aromatic heterocycles. The highest BCUT2D eigenvalue weighted by molar-refractivity contribution is 5.96. The molecule has 2 amide bonds. The Bertz CT molecular complexity index is 758. The molecule has 0 spiro atoms. The van der Waals surface area contributed by atoms with E-state index in [1.165, 1.54) is 6.92 Å². The van der Waals surface area contributed by atoms with Crippen molar-refractivity contribution in [2.75, 3.05) is 18.5 Å². The average Bonchev–Trinajstić information content (AvgIpc) is 2.59. The number of amides is 2. The lowest BCUT2D eigenvalue weighted by Gasteiger charge is -2.26. The number of carbonyl (C=O) groups is 2. The maximum atomic E-state index is 12.4. The minimum absolute atomic E-state index is 0.147. The Morgan fingerprint density at radius 3 is 2.83 bits per heavy atom. The van der Waals surface area contributed by atoms with Crippen molar-refractivity contribution in [1.29, 1.82) is 0 Å². The third-order valence-electron chi connectivity index (χ3n) is 4.04. The first-order valence-electron chi connectivity index (χ1n) is 8.01. The fourth-order valence-corrected chi connectivity index (χ4v) is 2.89. The van der Waals surface area contributed by atoms with E-state index in [0.29, 0.717) is 24.4 Å². The van der Waals surface area contributed by atoms with Crippen molar-refractivity contribution >= 4 is 17.5 Å². The highest BCUT2D eigenvalue weighted by Crippen LogP contribution is 2.32. The molecule has 3 rings (SSSR count). The van der Waals surface area contributed by atoms with E-state index in [-0.39, 0.29) is 17.7 Å². The van der Waals surface area contributed by atoms with Crippen LogP contribution in [0, 0.1) is 0 Å². The molecule has 2 aromatic rings. The largest absolute Gasteiger partial charge is 0.493 e. The van der Waals surface area contributed by atoms with Crippen molar-refractivity contribution in [1.82, 2.24) is 5.32 Å². The molecule has 124 valence electrons. The Morgan fingerprint density at radius 2 is 2.00 bits per heavy atom. The molecule has 1 heterocycles. The van der Waals surface area contributed by atoms with Gasteiger partial charge in [0.15, 0.2) is 0 Å². The molecule has 1 aliphatic rings. The van der Waals surface area contributed by atoms with E-state index in [4.69, 9.17) is 4.74 Å². The molecule has 0 fully saturated rings. The Kier molecular flexibility index (Phi) is 4.79. The first-order valence-corrected chi connectivity index (χ1v) is 8.01. The number of fused-ring (bicyclic) bond motifs is 1. The Balaban J connectivity index is 1.65. The van der Waals surface area contributed by atoms with E-state index in [0.717, 1.165) is 17.7 Å². The van der Waals surface area contributed by atoms with Gasteiger partial charge >= 0.3 is 0 Å². The Morgan fingerprint density at radius 1 is 1.17 bits per heavy atom. The Labute approximate surface area is 141 Å². The second kappa shape index (κ2) is 7.17. The molecule has 5 heteroatoms. The van der Waals surface area contributed by atoms with Gasteiger partial charge in [-0.25, -0.2) is 0 Å². The van der Waals surface area contributed by atoms with Gasteiger partial charge < -0.3 is 15.4 Å². The molecule has 1 unspecified atom stereocenters. The lowest BCUT2D eigenvalue weighted by molar-refractivity contribution is -0.114. The number of hydrogen-bond acceptors (Lipinski definition) is 3. The van der Waals surface area contributed by atoms with Crippen molar-refractivity contribution in [2.45, 2.75) is 19.3 Å². The number of nitrogens with one attached hydrogen (secondary N) is 2. The molecule has 0 aliphatic carbocycles. The van der Waals surface area contributed by atoms with E-state index in [9.17, 15) is 9.59 Å². The summed E-state index contributed by atoms with van der Waals surface area (Å²) in [7, 11) is 0. The monoisotopic (exact) mass is 324 g/mol. The van der Waals surface area contributed by atoms with Crippen molar-refractivity contribution in [3.63, 3.8) is 0 Å². The molecular weight excluding hydrogens is 304 g/mol. The van der Waals surface area contributed by atoms with Crippen LogP contribution in [0.3, 0.4) is 0 Å². The fraction of sp³-hybridized carbons (Fsp3) is 0.263. The molecule has 2 N–H and O–H groups in total. The molecule has 24 heavy (non-hydrogen) atoms. The van der Waals surface area contributed by atoms with Gasteiger partial charge in [-0.05, 0) is 36.2 Å². The van der Waals surface area contributed by atoms with E-state index in [1.54, 1.807) is 24.3 Å². The van der Waals surface area contributed by atoms with Crippen LogP contribution in [0.5, 0.6) is 5.75 Å². The second-order valence-corrected chi connectivity index (χ2v) is 5.84. The maximum Gasteiger partial charge on any atom is 0.251 e. The van der Waals surface area contributed by atoms with Gasteiger partial charge in [0, 0.05) is 30.6 Å². The number of benzene rings is 2. The van der Waals surface area contributed by atoms with Gasteiger partial charge in [0.05, 0.1) is 6.61 Å². The van der Waals surface area contributed by atoms with Gasteiger partial charge in [-0.2, -0.15) is 0 Å². The SMILES string of the molecule is CC(=O)Nc1cccc(C(=O)NCC2CCOc3ccccc32)c1. The van der Waals surface area contributed by atoms with Crippen LogP contribution in [0.4, 0.5) is 5.69 Å². The van der Waals surface area contributed by atoms with E-state index in [2.05, 4.69) is 10.6 Å². The summed E-state index contributed by atoms with van der Waals surface area (Å²) < 4.78 is 5.64. The van der Waals surface area contributed by atoms with Crippen molar-refractivity contribution in [3.8, 4) is 5.75 Å². The molecule has 0 saturated carbocycles. The number of ether oxygens (including phenoxy) is 1. The summed E-state index contributed by atoms with van der Waals surface area (Å²) >= 11 is 0. The first kappa shape index (κ1) is 16.1. The van der Waals surface area contributed by atoms with Gasteiger partial charge in [-0.1, -0.05) is 24.3 Å². The highest BCUT2D eigenvalue weighted by Gasteiger charge is 2.21. The quantitative estimate of drug-likeness (QED) is 0.908. The summed E-state index contributed by atoms with van der Waals surface area (Å²) in [5.41, 5.74) is 2.28. The van der Waals surface area contributed by atoms with Crippen molar-refractivity contribution in [2.24, 2.45) is 0 Å². The zero-order valence-electron chi connectivity index (χ0n) is 13.5. The van der Waals surface area contributed by atoms with E-state index in [1.807, 2.05) is 24.3 Å². The van der Waals surface area contributed by atoms with E-state index >= 15 is 0 Å². The minimum Gasteiger partial charge on any atom is -0.493 e. The predicted molar refractivity (Wildman–Crippen MR) is 92.4 cm³/mol. The number of anilines is 1. The van der Waals surface area contributed by atoms with Crippen LogP contribution in [0.15, 0.2) is 48.5 Å². The normalized spacial score (nSPS) is 15.8. The summed E-state index contributed by atoms with van der Waals surface area (Å²) in [5, 5.41) is 5.67. The second-order valence-electron chi connectivity index (χ2n) is 5.84. The smallest absolute Gasteiger partial charge is 0.251 e. The Hall–Kier alpha value is -2.82. The molecule has 1 atom stereocenters. The number of hydrogen-bond donors (Lipinski definition) is 2. The van der Waals surface area contributed by atoms with Crippen LogP contribution in [-0.4, -0.2) is 25.0 Å². The number of rotatable bonds is 4. The molecule has 0 radical (unpaired) electrons. The van der Waals surface area contributed by atoms with Gasteiger partial charge in [0.2, 0.25) is 5.91 Å². The molecule has 5 nitrogen and oxygen atoms in total. The summed E-state index contributed by atoms with van der Waals surface area (Å²) in [4.78, 5) is 23.5. The summed E-state index contributed by atoms with van der Waals surface area (Å²) in [6, 6.07) is 14.9. The molecular formula is C19H20N2O3. The molecule has 0 saturated heterocycles. The lowest BCUT2D eigenvalue weighted by Crippen LogP contribution is -2.30. The lowest BCUT2D eigenvalue weighted by atomic mass is 9.93. The molecule has 2 aromatic carbocycles. The van der Waals surface area contributed by atoms with Crippen LogP contribution in [-0.2, 0) is 4.79 Å². The van der Waals surface area contributed by atoms with Gasteiger partial charge in [-0.3, -0.25) is 9.59 Å².